The molecule has 0 bridgehead atoms. The maximum absolute atomic E-state index is 11.3. The number of amides is 1. The van der Waals surface area contributed by atoms with E-state index in [1.54, 1.807) is 13.1 Å². The van der Waals surface area contributed by atoms with Crippen molar-refractivity contribution in [2.24, 2.45) is 0 Å². The Morgan fingerprint density at radius 2 is 2.10 bits per heavy atom. The van der Waals surface area contributed by atoms with E-state index in [1.165, 1.54) is 18.5 Å². The summed E-state index contributed by atoms with van der Waals surface area (Å²) >= 11 is 0. The van der Waals surface area contributed by atoms with Crippen molar-refractivity contribution in [3.63, 3.8) is 0 Å². The van der Waals surface area contributed by atoms with Crippen molar-refractivity contribution in [2.75, 3.05) is 25.5 Å². The summed E-state index contributed by atoms with van der Waals surface area (Å²) in [7, 11) is 3.42. The van der Waals surface area contributed by atoms with Gasteiger partial charge >= 0.3 is 5.97 Å². The highest BCUT2D eigenvalue weighted by Crippen LogP contribution is 2.23. The first-order chi connectivity index (χ1) is 10.0. The highest BCUT2D eigenvalue weighted by atomic mass is 16.4. The van der Waals surface area contributed by atoms with Gasteiger partial charge in [-0.05, 0) is 18.2 Å². The third-order valence-corrected chi connectivity index (χ3v) is 3.18. The second kappa shape index (κ2) is 6.17. The second-order valence-corrected chi connectivity index (χ2v) is 4.58. The van der Waals surface area contributed by atoms with Crippen molar-refractivity contribution in [1.82, 2.24) is 15.3 Å². The van der Waals surface area contributed by atoms with Crippen LogP contribution in [0.3, 0.4) is 0 Å². The number of carboxylic acids is 1. The molecule has 0 radical (unpaired) electrons. The average Bonchev–Trinajstić information content (AvgIpc) is 2.50. The third-order valence-electron chi connectivity index (χ3n) is 3.18. The summed E-state index contributed by atoms with van der Waals surface area (Å²) in [5.74, 6) is -0.376. The molecule has 1 amide bonds. The van der Waals surface area contributed by atoms with Crippen LogP contribution in [0, 0.1) is 0 Å². The van der Waals surface area contributed by atoms with Crippen LogP contribution in [0.5, 0.6) is 0 Å². The van der Waals surface area contributed by atoms with Gasteiger partial charge in [0.25, 0.3) is 0 Å². The lowest BCUT2D eigenvalue weighted by Crippen LogP contribution is -2.27. The van der Waals surface area contributed by atoms with Gasteiger partial charge in [-0.1, -0.05) is 0 Å². The molecule has 2 N–H and O–H groups in total. The zero-order valence-corrected chi connectivity index (χ0v) is 11.8. The van der Waals surface area contributed by atoms with Gasteiger partial charge in [0, 0.05) is 32.4 Å². The first-order valence-electron chi connectivity index (χ1n) is 6.42. The number of carbonyl (C=O) groups excluding carboxylic acids is 1. The van der Waals surface area contributed by atoms with E-state index in [4.69, 9.17) is 5.11 Å². The summed E-state index contributed by atoms with van der Waals surface area (Å²) in [6.07, 6.45) is 1.74. The summed E-state index contributed by atoms with van der Waals surface area (Å²) in [4.78, 5) is 32.4. The lowest BCUT2D eigenvalue weighted by Gasteiger charge is -2.19. The number of nitrogens with one attached hydrogen (secondary N) is 1. The van der Waals surface area contributed by atoms with Crippen molar-refractivity contribution >= 4 is 28.6 Å². The number of fused-ring (bicyclic) bond motifs is 1. The SMILES string of the molecule is CNC(=O)CCN(C)c1ncnc2cc(C(=O)O)ccc12. The maximum atomic E-state index is 11.3. The Labute approximate surface area is 121 Å². The minimum absolute atomic E-state index is 0.0478. The third kappa shape index (κ3) is 3.25. The van der Waals surface area contributed by atoms with Crippen LogP contribution in [0.2, 0.25) is 0 Å². The van der Waals surface area contributed by atoms with Crippen molar-refractivity contribution in [2.45, 2.75) is 6.42 Å². The quantitative estimate of drug-likeness (QED) is 0.848. The van der Waals surface area contributed by atoms with Gasteiger partial charge < -0.3 is 15.3 Å². The lowest BCUT2D eigenvalue weighted by molar-refractivity contribution is -0.120. The molecule has 7 nitrogen and oxygen atoms in total. The number of nitrogens with zero attached hydrogens (tertiary/aromatic N) is 3. The monoisotopic (exact) mass is 288 g/mol. The van der Waals surface area contributed by atoms with Crippen molar-refractivity contribution < 1.29 is 14.7 Å². The topological polar surface area (TPSA) is 95.4 Å². The van der Waals surface area contributed by atoms with Crippen LogP contribution >= 0.6 is 0 Å². The summed E-state index contributed by atoms with van der Waals surface area (Å²) < 4.78 is 0. The molecule has 2 rings (SSSR count). The van der Waals surface area contributed by atoms with Gasteiger partial charge in [-0.15, -0.1) is 0 Å². The van der Waals surface area contributed by atoms with Gasteiger partial charge in [0.05, 0.1) is 11.1 Å². The molecule has 1 aromatic heterocycles. The normalized spacial score (nSPS) is 10.4. The molecule has 110 valence electrons. The summed E-state index contributed by atoms with van der Waals surface area (Å²) in [5, 5.41) is 12.3. The molecule has 0 spiro atoms. The Hall–Kier alpha value is -2.70. The van der Waals surface area contributed by atoms with E-state index in [0.717, 1.165) is 5.39 Å². The first-order valence-corrected chi connectivity index (χ1v) is 6.42. The highest BCUT2D eigenvalue weighted by Gasteiger charge is 2.12. The number of hydrogen-bond donors (Lipinski definition) is 2. The summed E-state index contributed by atoms with van der Waals surface area (Å²) in [5.41, 5.74) is 0.742. The molecule has 0 aliphatic rings. The van der Waals surface area contributed by atoms with Gasteiger partial charge in [-0.2, -0.15) is 0 Å². The van der Waals surface area contributed by atoms with Gasteiger partial charge in [-0.25, -0.2) is 14.8 Å². The molecule has 0 aliphatic heterocycles. The van der Waals surface area contributed by atoms with Crippen molar-refractivity contribution in [3.05, 3.63) is 30.1 Å². The molecule has 1 heterocycles. The first kappa shape index (κ1) is 14.7. The van der Waals surface area contributed by atoms with E-state index in [9.17, 15) is 9.59 Å². The molecule has 0 fully saturated rings. The molecular formula is C14H16N4O3. The minimum atomic E-state index is -0.995. The number of aromatic carboxylic acids is 1. The predicted octanol–water partition coefficient (Wildman–Crippen LogP) is 0.900. The van der Waals surface area contributed by atoms with Gasteiger partial charge in [0.2, 0.25) is 5.91 Å². The number of anilines is 1. The highest BCUT2D eigenvalue weighted by molar-refractivity contribution is 5.96. The standard InChI is InChI=1S/C14H16N4O3/c1-15-12(19)5-6-18(2)13-10-4-3-9(14(20)21)7-11(10)16-8-17-13/h3-4,7-8H,5-6H2,1-2H3,(H,15,19)(H,20,21). The van der Waals surface area contributed by atoms with Crippen molar-refractivity contribution in [3.8, 4) is 0 Å². The maximum Gasteiger partial charge on any atom is 0.335 e. The van der Waals surface area contributed by atoms with Crippen LogP contribution in [0.1, 0.15) is 16.8 Å². The van der Waals surface area contributed by atoms with E-state index in [1.807, 2.05) is 11.9 Å². The number of hydrogen-bond acceptors (Lipinski definition) is 5. The van der Waals surface area contributed by atoms with Crippen LogP contribution in [-0.4, -0.2) is 47.6 Å². The Kier molecular flexibility index (Phi) is 4.32. The number of carboxylic acid groups (broad SMARTS) is 1. The fourth-order valence-electron chi connectivity index (χ4n) is 1.98. The largest absolute Gasteiger partial charge is 0.478 e. The predicted molar refractivity (Wildman–Crippen MR) is 78.5 cm³/mol. The molecule has 0 saturated carbocycles. The van der Waals surface area contributed by atoms with Gasteiger partial charge in [0.15, 0.2) is 0 Å². The van der Waals surface area contributed by atoms with Crippen LogP contribution < -0.4 is 10.2 Å². The van der Waals surface area contributed by atoms with Crippen LogP contribution in [-0.2, 0) is 4.79 Å². The molecule has 21 heavy (non-hydrogen) atoms. The van der Waals surface area contributed by atoms with E-state index >= 15 is 0 Å². The number of rotatable bonds is 5. The average molecular weight is 288 g/mol. The molecular weight excluding hydrogens is 272 g/mol. The molecule has 2 aromatic rings. The fraction of sp³-hybridized carbons (Fsp3) is 0.286. The summed E-state index contributed by atoms with van der Waals surface area (Å²) in [6.45, 7) is 0.506. The molecule has 0 aliphatic carbocycles. The van der Waals surface area contributed by atoms with E-state index < -0.39 is 5.97 Å². The Bertz CT molecular complexity index is 687. The van der Waals surface area contributed by atoms with Crippen LogP contribution in [0.15, 0.2) is 24.5 Å². The molecule has 1 aromatic carbocycles. The number of benzene rings is 1. The van der Waals surface area contributed by atoms with Crippen LogP contribution in [0.4, 0.5) is 5.82 Å². The molecule has 0 atom stereocenters. The smallest absolute Gasteiger partial charge is 0.335 e. The van der Waals surface area contributed by atoms with Gasteiger partial charge in [0.1, 0.15) is 12.1 Å². The molecule has 0 unspecified atom stereocenters. The Balaban J connectivity index is 2.31. The van der Waals surface area contributed by atoms with E-state index in [2.05, 4.69) is 15.3 Å². The second-order valence-electron chi connectivity index (χ2n) is 4.58. The van der Waals surface area contributed by atoms with E-state index in [0.29, 0.717) is 24.3 Å². The van der Waals surface area contributed by atoms with Crippen molar-refractivity contribution in [1.29, 1.82) is 0 Å². The number of carbonyl (C=O) groups is 2. The van der Waals surface area contributed by atoms with Gasteiger partial charge in [-0.3, -0.25) is 4.79 Å². The molecule has 7 heteroatoms. The Morgan fingerprint density at radius 1 is 1.33 bits per heavy atom. The van der Waals surface area contributed by atoms with Crippen LogP contribution in [0.25, 0.3) is 10.9 Å². The Morgan fingerprint density at radius 3 is 2.76 bits per heavy atom. The summed E-state index contributed by atoms with van der Waals surface area (Å²) in [6, 6.07) is 4.71. The zero-order valence-electron chi connectivity index (χ0n) is 11.8. The van der Waals surface area contributed by atoms with E-state index in [-0.39, 0.29) is 11.5 Å². The number of aromatic nitrogens is 2. The molecule has 0 saturated heterocycles. The lowest BCUT2D eigenvalue weighted by atomic mass is 10.1. The fourth-order valence-corrected chi connectivity index (χ4v) is 1.98. The minimum Gasteiger partial charge on any atom is -0.478 e. The zero-order chi connectivity index (χ0) is 15.4.